The largest absolute Gasteiger partial charge is 0.593 e. The van der Waals surface area contributed by atoms with Gasteiger partial charge in [0.15, 0.2) is 0 Å². The van der Waals surface area contributed by atoms with E-state index in [1.165, 1.54) is 12.8 Å². The van der Waals surface area contributed by atoms with E-state index in [0.717, 1.165) is 55.4 Å². The summed E-state index contributed by atoms with van der Waals surface area (Å²) in [6, 6.07) is 8.76. The van der Waals surface area contributed by atoms with Gasteiger partial charge in [0, 0.05) is 24.7 Å². The predicted octanol–water partition coefficient (Wildman–Crippen LogP) is 2.49. The third-order valence-corrected chi connectivity index (χ3v) is 6.09. The second-order valence-electron chi connectivity index (χ2n) is 6.19. The van der Waals surface area contributed by atoms with E-state index in [2.05, 4.69) is 29.6 Å². The van der Waals surface area contributed by atoms with Gasteiger partial charge in [0.05, 0.1) is 23.6 Å². The van der Waals surface area contributed by atoms with Crippen LogP contribution in [-0.2, 0) is 11.4 Å². The lowest BCUT2D eigenvalue weighted by atomic mass is 9.86. The van der Waals surface area contributed by atoms with Crippen molar-refractivity contribution >= 4 is 22.7 Å². The summed E-state index contributed by atoms with van der Waals surface area (Å²) in [5, 5.41) is 3.52. The van der Waals surface area contributed by atoms with Gasteiger partial charge in [-0.25, -0.2) is 0 Å². The molecule has 1 aromatic carbocycles. The van der Waals surface area contributed by atoms with E-state index >= 15 is 0 Å². The molecule has 0 aromatic heterocycles. The molecule has 1 unspecified atom stereocenters. The lowest BCUT2D eigenvalue weighted by molar-refractivity contribution is 0.339. The first-order chi connectivity index (χ1) is 10.2. The standard InChI is InChI=1S/C16H25N3OS/c17-14-4-2-13(3-5-14)12-18-15-6-8-16(9-7-15)19-10-1-11-21(19)20/h6-9,13-14,18H,1-5,10-12,17H2/t13-,14-,21?. The van der Waals surface area contributed by atoms with Gasteiger partial charge in [0.1, 0.15) is 5.75 Å². The van der Waals surface area contributed by atoms with E-state index in [1.54, 1.807) is 0 Å². The Morgan fingerprint density at radius 1 is 1.19 bits per heavy atom. The monoisotopic (exact) mass is 307 g/mol. The summed E-state index contributed by atoms with van der Waals surface area (Å²) in [5.74, 6) is 1.54. The van der Waals surface area contributed by atoms with Crippen molar-refractivity contribution < 1.29 is 4.55 Å². The number of nitrogens with one attached hydrogen (secondary N) is 1. The SMILES string of the molecule is N[C@H]1CC[C@H](CNc2ccc(N3CCC[S+]3[O-])cc2)CC1. The molecule has 4 nitrogen and oxygen atoms in total. The van der Waals surface area contributed by atoms with Crippen molar-refractivity contribution in [3.8, 4) is 0 Å². The molecule has 1 saturated carbocycles. The molecule has 1 aliphatic heterocycles. The molecule has 3 rings (SSSR count). The summed E-state index contributed by atoms with van der Waals surface area (Å²) in [4.78, 5) is 0. The van der Waals surface area contributed by atoms with Crippen LogP contribution in [0.15, 0.2) is 24.3 Å². The first-order valence-corrected chi connectivity index (χ1v) is 9.25. The molecule has 1 atom stereocenters. The average Bonchev–Trinajstić information content (AvgIpc) is 2.93. The summed E-state index contributed by atoms with van der Waals surface area (Å²) < 4.78 is 13.8. The van der Waals surface area contributed by atoms with Gasteiger partial charge in [-0.2, -0.15) is 4.31 Å². The Morgan fingerprint density at radius 3 is 2.52 bits per heavy atom. The first-order valence-electron chi connectivity index (χ1n) is 7.98. The molecule has 1 aliphatic carbocycles. The van der Waals surface area contributed by atoms with Crippen molar-refractivity contribution in [1.82, 2.24) is 0 Å². The zero-order chi connectivity index (χ0) is 14.7. The maximum absolute atomic E-state index is 11.8. The normalized spacial score (nSPS) is 29.6. The van der Waals surface area contributed by atoms with Gasteiger partial charge in [-0.15, -0.1) is 0 Å². The Balaban J connectivity index is 1.50. The van der Waals surface area contributed by atoms with Crippen LogP contribution in [0.1, 0.15) is 32.1 Å². The number of benzene rings is 1. The zero-order valence-electron chi connectivity index (χ0n) is 12.5. The van der Waals surface area contributed by atoms with E-state index in [0.29, 0.717) is 6.04 Å². The number of nitrogens with two attached hydrogens (primary N) is 1. The highest BCUT2D eigenvalue weighted by Crippen LogP contribution is 2.26. The molecule has 5 heteroatoms. The molecule has 116 valence electrons. The summed E-state index contributed by atoms with van der Waals surface area (Å²) in [5.41, 5.74) is 8.16. The number of hydrogen-bond donors (Lipinski definition) is 2. The molecule has 1 heterocycles. The highest BCUT2D eigenvalue weighted by Gasteiger charge is 2.26. The molecule has 0 spiro atoms. The van der Waals surface area contributed by atoms with Crippen LogP contribution in [0.3, 0.4) is 0 Å². The fourth-order valence-corrected chi connectivity index (χ4v) is 4.48. The smallest absolute Gasteiger partial charge is 0.133 e. The van der Waals surface area contributed by atoms with Crippen LogP contribution in [0.2, 0.25) is 0 Å². The molecule has 1 saturated heterocycles. The summed E-state index contributed by atoms with van der Waals surface area (Å²) in [6.45, 7) is 1.93. The van der Waals surface area contributed by atoms with Gasteiger partial charge in [-0.3, -0.25) is 0 Å². The lowest BCUT2D eigenvalue weighted by Crippen LogP contribution is -2.29. The maximum Gasteiger partial charge on any atom is 0.133 e. The molecule has 3 N–H and O–H groups in total. The quantitative estimate of drug-likeness (QED) is 0.839. The van der Waals surface area contributed by atoms with Crippen LogP contribution in [0.25, 0.3) is 0 Å². The predicted molar refractivity (Wildman–Crippen MR) is 89.8 cm³/mol. The maximum atomic E-state index is 11.8. The van der Waals surface area contributed by atoms with Gasteiger partial charge in [-0.1, -0.05) is 0 Å². The van der Waals surface area contributed by atoms with Crippen molar-refractivity contribution in [2.75, 3.05) is 28.5 Å². The molecular formula is C16H25N3OS. The minimum atomic E-state index is -0.828. The minimum Gasteiger partial charge on any atom is -0.593 e. The van der Waals surface area contributed by atoms with Crippen LogP contribution in [0, 0.1) is 5.92 Å². The Hall–Kier alpha value is -0.910. The Morgan fingerprint density at radius 2 is 1.90 bits per heavy atom. The summed E-state index contributed by atoms with van der Waals surface area (Å²) >= 11 is -0.828. The second kappa shape index (κ2) is 6.90. The van der Waals surface area contributed by atoms with Crippen LogP contribution < -0.4 is 15.4 Å². The fourth-order valence-electron chi connectivity index (χ4n) is 3.19. The Kier molecular flexibility index (Phi) is 4.93. The van der Waals surface area contributed by atoms with E-state index in [1.807, 2.05) is 4.31 Å². The highest BCUT2D eigenvalue weighted by atomic mass is 32.2. The van der Waals surface area contributed by atoms with E-state index in [9.17, 15) is 4.55 Å². The van der Waals surface area contributed by atoms with Crippen molar-refractivity contribution in [2.45, 2.75) is 38.1 Å². The number of anilines is 2. The first kappa shape index (κ1) is 15.0. The Bertz CT molecular complexity index is 445. The van der Waals surface area contributed by atoms with E-state index in [4.69, 9.17) is 5.73 Å². The van der Waals surface area contributed by atoms with Crippen LogP contribution in [0.5, 0.6) is 0 Å². The average molecular weight is 307 g/mol. The fraction of sp³-hybridized carbons (Fsp3) is 0.625. The van der Waals surface area contributed by atoms with Gasteiger partial charge in [-0.05, 0) is 55.9 Å². The third-order valence-electron chi connectivity index (χ3n) is 4.57. The number of nitrogens with zero attached hydrogens (tertiary/aromatic N) is 1. The molecule has 0 bridgehead atoms. The Labute approximate surface area is 130 Å². The van der Waals surface area contributed by atoms with Crippen LogP contribution in [0.4, 0.5) is 11.4 Å². The molecule has 1 aromatic rings. The third kappa shape index (κ3) is 3.84. The zero-order valence-corrected chi connectivity index (χ0v) is 13.3. The molecular weight excluding hydrogens is 282 g/mol. The van der Waals surface area contributed by atoms with Gasteiger partial charge in [0.25, 0.3) is 0 Å². The topological polar surface area (TPSA) is 64.3 Å². The van der Waals surface area contributed by atoms with Gasteiger partial charge >= 0.3 is 0 Å². The van der Waals surface area contributed by atoms with Crippen molar-refractivity contribution in [3.63, 3.8) is 0 Å². The van der Waals surface area contributed by atoms with Gasteiger partial charge in [0.2, 0.25) is 0 Å². The summed E-state index contributed by atoms with van der Waals surface area (Å²) in [6.07, 6.45) is 5.81. The second-order valence-corrected chi connectivity index (χ2v) is 7.68. The van der Waals surface area contributed by atoms with Crippen molar-refractivity contribution in [2.24, 2.45) is 11.7 Å². The minimum absolute atomic E-state index is 0.418. The van der Waals surface area contributed by atoms with Crippen molar-refractivity contribution in [3.05, 3.63) is 24.3 Å². The molecule has 2 fully saturated rings. The van der Waals surface area contributed by atoms with Crippen molar-refractivity contribution in [1.29, 1.82) is 0 Å². The molecule has 2 aliphatic rings. The number of rotatable bonds is 4. The molecule has 21 heavy (non-hydrogen) atoms. The van der Waals surface area contributed by atoms with E-state index in [-0.39, 0.29) is 0 Å². The molecule has 0 amide bonds. The summed E-state index contributed by atoms with van der Waals surface area (Å²) in [7, 11) is 0. The van der Waals surface area contributed by atoms with Crippen LogP contribution in [-0.4, -0.2) is 29.4 Å². The lowest BCUT2D eigenvalue weighted by Gasteiger charge is -2.26. The molecule has 0 radical (unpaired) electrons. The van der Waals surface area contributed by atoms with E-state index < -0.39 is 11.4 Å². The van der Waals surface area contributed by atoms with Gasteiger partial charge < -0.3 is 15.6 Å². The van der Waals surface area contributed by atoms with Crippen LogP contribution >= 0.6 is 0 Å². The highest BCUT2D eigenvalue weighted by molar-refractivity contribution is 7.93. The number of hydrogen-bond acceptors (Lipinski definition) is 4.